The van der Waals surface area contributed by atoms with Gasteiger partial charge in [-0.05, 0) is 61.6 Å². The van der Waals surface area contributed by atoms with Crippen LogP contribution in [0.3, 0.4) is 0 Å². The third-order valence-corrected chi connectivity index (χ3v) is 4.23. The molecule has 1 amide bonds. The monoisotopic (exact) mass is 311 g/mol. The number of aryl methyl sites for hydroxylation is 3. The van der Waals surface area contributed by atoms with E-state index in [-0.39, 0.29) is 11.9 Å². The van der Waals surface area contributed by atoms with E-state index in [0.717, 1.165) is 22.4 Å². The van der Waals surface area contributed by atoms with Crippen LogP contribution in [0.25, 0.3) is 0 Å². The van der Waals surface area contributed by atoms with Gasteiger partial charge in [0, 0.05) is 0 Å². The molecule has 0 saturated heterocycles. The van der Waals surface area contributed by atoms with Gasteiger partial charge in [-0.3, -0.25) is 4.79 Å². The average molecular weight is 311 g/mol. The molecule has 0 saturated carbocycles. The van der Waals surface area contributed by atoms with Gasteiger partial charge in [-0.15, -0.1) is 0 Å². The van der Waals surface area contributed by atoms with E-state index in [4.69, 9.17) is 4.74 Å². The van der Waals surface area contributed by atoms with Crippen LogP contribution >= 0.6 is 0 Å². The lowest BCUT2D eigenvalue weighted by Crippen LogP contribution is -2.28. The standard InChI is InChI=1S/C20H25NO2/c1-13-6-8-18(11-14(13)2)16(4)21-20(22)12-17-7-9-19(23-5)15(3)10-17/h6-11,16H,12H2,1-5H3,(H,21,22)/t16-/m1/s1. The molecule has 122 valence electrons. The Balaban J connectivity index is 2.01. The van der Waals surface area contributed by atoms with Gasteiger partial charge in [-0.2, -0.15) is 0 Å². The van der Waals surface area contributed by atoms with E-state index < -0.39 is 0 Å². The predicted octanol–water partition coefficient (Wildman–Crippen LogP) is 4.04. The van der Waals surface area contributed by atoms with Crippen LogP contribution in [-0.4, -0.2) is 13.0 Å². The molecule has 0 spiro atoms. The van der Waals surface area contributed by atoms with Gasteiger partial charge in [0.1, 0.15) is 5.75 Å². The summed E-state index contributed by atoms with van der Waals surface area (Å²) in [6.07, 6.45) is 0.375. The van der Waals surface area contributed by atoms with Crippen LogP contribution in [0, 0.1) is 20.8 Å². The lowest BCUT2D eigenvalue weighted by atomic mass is 10.0. The van der Waals surface area contributed by atoms with Crippen molar-refractivity contribution in [1.29, 1.82) is 0 Å². The van der Waals surface area contributed by atoms with Gasteiger partial charge in [0.25, 0.3) is 0 Å². The van der Waals surface area contributed by atoms with E-state index in [2.05, 4.69) is 37.4 Å². The van der Waals surface area contributed by atoms with E-state index in [0.29, 0.717) is 6.42 Å². The fourth-order valence-corrected chi connectivity index (χ4v) is 2.65. The highest BCUT2D eigenvalue weighted by Gasteiger charge is 2.11. The average Bonchev–Trinajstić information content (AvgIpc) is 2.50. The molecule has 2 rings (SSSR count). The van der Waals surface area contributed by atoms with Crippen molar-refractivity contribution < 1.29 is 9.53 Å². The second kappa shape index (κ2) is 7.32. The van der Waals surface area contributed by atoms with E-state index in [1.165, 1.54) is 11.1 Å². The smallest absolute Gasteiger partial charge is 0.224 e. The molecule has 23 heavy (non-hydrogen) atoms. The van der Waals surface area contributed by atoms with Crippen LogP contribution in [0.1, 0.15) is 40.8 Å². The number of rotatable bonds is 5. The molecule has 0 aliphatic rings. The first-order chi connectivity index (χ1) is 10.9. The number of ether oxygens (including phenoxy) is 1. The maximum Gasteiger partial charge on any atom is 0.224 e. The third kappa shape index (κ3) is 4.35. The Morgan fingerprint density at radius 2 is 1.78 bits per heavy atom. The molecule has 2 aromatic carbocycles. The fraction of sp³-hybridized carbons (Fsp3) is 0.350. The molecule has 0 aliphatic carbocycles. The highest BCUT2D eigenvalue weighted by Crippen LogP contribution is 2.20. The molecule has 0 aromatic heterocycles. The van der Waals surface area contributed by atoms with Gasteiger partial charge in [-0.25, -0.2) is 0 Å². The van der Waals surface area contributed by atoms with Crippen LogP contribution < -0.4 is 10.1 Å². The van der Waals surface area contributed by atoms with Crippen molar-refractivity contribution in [2.45, 2.75) is 40.2 Å². The number of benzene rings is 2. The fourth-order valence-electron chi connectivity index (χ4n) is 2.65. The molecule has 1 N–H and O–H groups in total. The van der Waals surface area contributed by atoms with E-state index >= 15 is 0 Å². The number of amides is 1. The van der Waals surface area contributed by atoms with Crippen molar-refractivity contribution in [3.05, 3.63) is 64.2 Å². The zero-order chi connectivity index (χ0) is 17.0. The largest absolute Gasteiger partial charge is 0.496 e. The molecule has 0 heterocycles. The second-order valence-corrected chi connectivity index (χ2v) is 6.11. The molecule has 2 aromatic rings. The summed E-state index contributed by atoms with van der Waals surface area (Å²) in [5.74, 6) is 0.873. The minimum absolute atomic E-state index is 0.00106. The molecule has 0 aliphatic heterocycles. The summed E-state index contributed by atoms with van der Waals surface area (Å²) in [7, 11) is 1.65. The molecular weight excluding hydrogens is 286 g/mol. The van der Waals surface area contributed by atoms with Crippen LogP contribution in [-0.2, 0) is 11.2 Å². The summed E-state index contributed by atoms with van der Waals surface area (Å²) < 4.78 is 5.25. The van der Waals surface area contributed by atoms with Crippen molar-refractivity contribution in [3.8, 4) is 5.75 Å². The number of carbonyl (C=O) groups excluding carboxylic acids is 1. The molecular formula is C20H25NO2. The minimum Gasteiger partial charge on any atom is -0.496 e. The van der Waals surface area contributed by atoms with Gasteiger partial charge >= 0.3 is 0 Å². The summed E-state index contributed by atoms with van der Waals surface area (Å²) in [4.78, 5) is 12.3. The summed E-state index contributed by atoms with van der Waals surface area (Å²) in [5, 5.41) is 3.07. The quantitative estimate of drug-likeness (QED) is 0.905. The molecule has 3 heteroatoms. The molecule has 0 radical (unpaired) electrons. The zero-order valence-electron chi connectivity index (χ0n) is 14.6. The van der Waals surface area contributed by atoms with Crippen LogP contribution in [0.2, 0.25) is 0 Å². The zero-order valence-corrected chi connectivity index (χ0v) is 14.6. The molecule has 3 nitrogen and oxygen atoms in total. The number of nitrogens with one attached hydrogen (secondary N) is 1. The Kier molecular flexibility index (Phi) is 5.43. The number of hydrogen-bond acceptors (Lipinski definition) is 2. The van der Waals surface area contributed by atoms with Crippen LogP contribution in [0.15, 0.2) is 36.4 Å². The van der Waals surface area contributed by atoms with Gasteiger partial charge in [0.15, 0.2) is 0 Å². The van der Waals surface area contributed by atoms with Crippen molar-refractivity contribution in [2.75, 3.05) is 7.11 Å². The van der Waals surface area contributed by atoms with Crippen molar-refractivity contribution >= 4 is 5.91 Å². The summed E-state index contributed by atoms with van der Waals surface area (Å²) >= 11 is 0. The summed E-state index contributed by atoms with van der Waals surface area (Å²) in [6, 6.07) is 12.2. The summed E-state index contributed by atoms with van der Waals surface area (Å²) in [6.45, 7) is 8.18. The normalized spacial score (nSPS) is 11.9. The molecule has 0 bridgehead atoms. The minimum atomic E-state index is 0.00106. The van der Waals surface area contributed by atoms with Gasteiger partial charge in [0.2, 0.25) is 5.91 Å². The topological polar surface area (TPSA) is 38.3 Å². The predicted molar refractivity (Wildman–Crippen MR) is 93.9 cm³/mol. The van der Waals surface area contributed by atoms with Crippen LogP contribution in [0.4, 0.5) is 0 Å². The maximum absolute atomic E-state index is 12.3. The Hall–Kier alpha value is -2.29. The van der Waals surface area contributed by atoms with E-state index in [9.17, 15) is 4.79 Å². The van der Waals surface area contributed by atoms with Crippen molar-refractivity contribution in [3.63, 3.8) is 0 Å². The van der Waals surface area contributed by atoms with Gasteiger partial charge < -0.3 is 10.1 Å². The van der Waals surface area contributed by atoms with Gasteiger partial charge in [0.05, 0.1) is 19.6 Å². The Labute approximate surface area is 138 Å². The first-order valence-corrected chi connectivity index (χ1v) is 7.90. The van der Waals surface area contributed by atoms with E-state index in [1.54, 1.807) is 7.11 Å². The Morgan fingerprint density at radius 1 is 1.04 bits per heavy atom. The van der Waals surface area contributed by atoms with E-state index in [1.807, 2.05) is 32.0 Å². The third-order valence-electron chi connectivity index (χ3n) is 4.23. The Bertz CT molecular complexity index is 707. The lowest BCUT2D eigenvalue weighted by molar-refractivity contribution is -0.121. The number of carbonyl (C=O) groups is 1. The summed E-state index contributed by atoms with van der Waals surface area (Å²) in [5.41, 5.74) is 5.68. The van der Waals surface area contributed by atoms with Gasteiger partial charge in [-0.1, -0.05) is 30.3 Å². The molecule has 1 atom stereocenters. The molecule has 0 unspecified atom stereocenters. The number of methoxy groups -OCH3 is 1. The van der Waals surface area contributed by atoms with Crippen molar-refractivity contribution in [2.24, 2.45) is 0 Å². The van der Waals surface area contributed by atoms with Crippen molar-refractivity contribution in [1.82, 2.24) is 5.32 Å². The number of hydrogen-bond donors (Lipinski definition) is 1. The molecule has 0 fully saturated rings. The first-order valence-electron chi connectivity index (χ1n) is 7.90. The SMILES string of the molecule is COc1ccc(CC(=O)N[C@H](C)c2ccc(C)c(C)c2)cc1C. The Morgan fingerprint density at radius 3 is 2.39 bits per heavy atom. The first kappa shape index (κ1) is 17.1. The van der Waals surface area contributed by atoms with Crippen LogP contribution in [0.5, 0.6) is 5.75 Å². The maximum atomic E-state index is 12.3. The second-order valence-electron chi connectivity index (χ2n) is 6.11. The highest BCUT2D eigenvalue weighted by molar-refractivity contribution is 5.79. The lowest BCUT2D eigenvalue weighted by Gasteiger charge is -2.16. The highest BCUT2D eigenvalue weighted by atomic mass is 16.5.